The number of hydrogen-bond acceptors (Lipinski definition) is 5. The van der Waals surface area contributed by atoms with E-state index < -0.39 is 29.8 Å². The summed E-state index contributed by atoms with van der Waals surface area (Å²) < 4.78 is 10.2. The molecule has 0 saturated heterocycles. The summed E-state index contributed by atoms with van der Waals surface area (Å²) >= 11 is 0. The molecule has 0 aliphatic rings. The van der Waals surface area contributed by atoms with Crippen LogP contribution in [0.3, 0.4) is 0 Å². The molecule has 6 heteroatoms. The molecule has 136 valence electrons. The lowest BCUT2D eigenvalue weighted by Crippen LogP contribution is -2.48. The van der Waals surface area contributed by atoms with Crippen molar-refractivity contribution in [2.24, 2.45) is 0 Å². The van der Waals surface area contributed by atoms with Gasteiger partial charge in [0.2, 0.25) is 0 Å². The van der Waals surface area contributed by atoms with Gasteiger partial charge in [0, 0.05) is 6.42 Å². The molecule has 25 heavy (non-hydrogen) atoms. The highest BCUT2D eigenvalue weighted by atomic mass is 16.6. The van der Waals surface area contributed by atoms with Gasteiger partial charge in [0.15, 0.2) is 6.10 Å². The van der Waals surface area contributed by atoms with Gasteiger partial charge in [-0.3, -0.25) is 0 Å². The van der Waals surface area contributed by atoms with E-state index in [0.29, 0.717) is 0 Å². The van der Waals surface area contributed by atoms with Crippen LogP contribution in [0.15, 0.2) is 30.3 Å². The monoisotopic (exact) mass is 347 g/mol. The number of aliphatic hydroxyl groups excluding tert-OH is 1. The van der Waals surface area contributed by atoms with Crippen LogP contribution >= 0.6 is 0 Å². The van der Waals surface area contributed by atoms with Gasteiger partial charge in [0.05, 0.1) is 6.04 Å². The predicted molar refractivity (Wildman–Crippen MR) is 93.5 cm³/mol. The van der Waals surface area contributed by atoms with E-state index in [9.17, 15) is 14.7 Å². The highest BCUT2D eigenvalue weighted by molar-refractivity contribution is 5.77. The second kappa shape index (κ2) is 9.70. The van der Waals surface area contributed by atoms with Crippen LogP contribution in [0, 0.1) is 12.3 Å². The molecule has 0 heterocycles. The first-order valence-electron chi connectivity index (χ1n) is 8.04. The van der Waals surface area contributed by atoms with E-state index in [2.05, 4.69) is 11.2 Å². The molecule has 0 aliphatic heterocycles. The Labute approximate surface area is 148 Å². The molecule has 6 nitrogen and oxygen atoms in total. The average molecular weight is 347 g/mol. The molecule has 1 aromatic rings. The zero-order valence-electron chi connectivity index (χ0n) is 14.8. The van der Waals surface area contributed by atoms with Crippen molar-refractivity contribution in [3.63, 3.8) is 0 Å². The van der Waals surface area contributed by atoms with Gasteiger partial charge >= 0.3 is 12.1 Å². The van der Waals surface area contributed by atoms with E-state index >= 15 is 0 Å². The van der Waals surface area contributed by atoms with Gasteiger partial charge in [-0.1, -0.05) is 30.3 Å². The number of aliphatic hydroxyl groups is 1. The molecule has 1 rings (SSSR count). The Morgan fingerprint density at radius 1 is 1.28 bits per heavy atom. The maximum Gasteiger partial charge on any atom is 0.407 e. The lowest BCUT2D eigenvalue weighted by Gasteiger charge is -2.26. The first-order valence-corrected chi connectivity index (χ1v) is 8.04. The van der Waals surface area contributed by atoms with Crippen molar-refractivity contribution >= 4 is 12.1 Å². The molecule has 0 radical (unpaired) electrons. The average Bonchev–Trinajstić information content (AvgIpc) is 2.55. The molecule has 0 fully saturated rings. The smallest absolute Gasteiger partial charge is 0.407 e. The largest absolute Gasteiger partial charge is 0.458 e. The quantitative estimate of drug-likeness (QED) is 0.584. The number of esters is 1. The lowest BCUT2D eigenvalue weighted by atomic mass is 10.1. The molecule has 0 spiro atoms. The Bertz CT molecular complexity index is 600. The number of rotatable bonds is 7. The first-order chi connectivity index (χ1) is 11.7. The van der Waals surface area contributed by atoms with Crippen molar-refractivity contribution in [2.45, 2.75) is 58.0 Å². The van der Waals surface area contributed by atoms with Gasteiger partial charge in [-0.05, 0) is 32.8 Å². The van der Waals surface area contributed by atoms with E-state index in [-0.39, 0.29) is 19.4 Å². The normalized spacial score (nSPS) is 13.2. The number of alkyl carbamates (subject to hydrolysis) is 1. The predicted octanol–water partition coefficient (Wildman–Crippen LogP) is 2.40. The number of terminal acetylenes is 1. The van der Waals surface area contributed by atoms with Crippen LogP contribution in [0.2, 0.25) is 0 Å². The summed E-state index contributed by atoms with van der Waals surface area (Å²) in [5, 5.41) is 12.7. The topological polar surface area (TPSA) is 84.9 Å². The van der Waals surface area contributed by atoms with Gasteiger partial charge in [-0.15, -0.1) is 12.3 Å². The van der Waals surface area contributed by atoms with E-state index in [0.717, 1.165) is 5.56 Å². The van der Waals surface area contributed by atoms with Crippen molar-refractivity contribution in [2.75, 3.05) is 0 Å². The second-order valence-electron chi connectivity index (χ2n) is 6.53. The summed E-state index contributed by atoms with van der Waals surface area (Å²) in [6.07, 6.45) is 3.46. The fourth-order valence-electron chi connectivity index (χ4n) is 1.99. The Morgan fingerprint density at radius 3 is 2.48 bits per heavy atom. The van der Waals surface area contributed by atoms with E-state index in [1.807, 2.05) is 30.3 Å². The van der Waals surface area contributed by atoms with E-state index in [1.54, 1.807) is 20.8 Å². The summed E-state index contributed by atoms with van der Waals surface area (Å²) in [6.45, 7) is 5.15. The summed E-state index contributed by atoms with van der Waals surface area (Å²) in [6, 6.07) is 8.26. The van der Waals surface area contributed by atoms with Gasteiger partial charge < -0.3 is 19.9 Å². The first kappa shape index (κ1) is 20.5. The van der Waals surface area contributed by atoms with Crippen LogP contribution < -0.4 is 5.32 Å². The molecule has 2 atom stereocenters. The highest BCUT2D eigenvalue weighted by Gasteiger charge is 2.31. The maximum atomic E-state index is 12.0. The zero-order valence-corrected chi connectivity index (χ0v) is 14.8. The number of benzene rings is 1. The molecule has 1 aromatic carbocycles. The van der Waals surface area contributed by atoms with Gasteiger partial charge in [0.1, 0.15) is 12.2 Å². The molecule has 0 saturated carbocycles. The number of hydrogen-bond donors (Lipinski definition) is 2. The fraction of sp³-hybridized carbons (Fsp3) is 0.474. The maximum absolute atomic E-state index is 12.0. The Kier molecular flexibility index (Phi) is 7.96. The Hall–Kier alpha value is -2.52. The second-order valence-corrected chi connectivity index (χ2v) is 6.53. The van der Waals surface area contributed by atoms with Gasteiger partial charge in [-0.2, -0.15) is 0 Å². The molecule has 1 amide bonds. The molecular weight excluding hydrogens is 322 g/mol. The minimum Gasteiger partial charge on any atom is -0.458 e. The molecule has 0 bridgehead atoms. The van der Waals surface area contributed by atoms with Gasteiger partial charge in [0.25, 0.3) is 0 Å². The summed E-state index contributed by atoms with van der Waals surface area (Å²) in [5.41, 5.74) is 0.0771. The standard InChI is InChI=1S/C19H25NO5/c1-5-6-12-15(16(21)17(22)25-19(2,3)4)20-18(23)24-13-14-10-8-7-9-11-14/h1,7-11,15-16,21H,6,12-13H2,2-4H3,(H,20,23)/t15-,16+/m0/s1. The molecule has 0 aliphatic carbocycles. The Balaban J connectivity index is 2.63. The molecule has 2 N–H and O–H groups in total. The minimum atomic E-state index is -1.53. The van der Waals surface area contributed by atoms with Crippen LogP contribution in [-0.2, 0) is 20.9 Å². The molecule has 0 unspecified atom stereocenters. The Morgan fingerprint density at radius 2 is 1.92 bits per heavy atom. The number of nitrogens with one attached hydrogen (secondary N) is 1. The van der Waals surface area contributed by atoms with E-state index in [4.69, 9.17) is 15.9 Å². The SMILES string of the molecule is C#CCC[C@H](NC(=O)OCc1ccccc1)[C@@H](O)C(=O)OC(C)(C)C. The molecular formula is C19H25NO5. The lowest BCUT2D eigenvalue weighted by molar-refractivity contribution is -0.166. The van der Waals surface area contributed by atoms with Crippen molar-refractivity contribution in [1.29, 1.82) is 0 Å². The van der Waals surface area contributed by atoms with Crippen LogP contribution in [0.4, 0.5) is 4.79 Å². The number of ether oxygens (including phenoxy) is 2. The number of carbonyl (C=O) groups excluding carboxylic acids is 2. The van der Waals surface area contributed by atoms with Crippen LogP contribution in [-0.4, -0.2) is 34.9 Å². The van der Waals surface area contributed by atoms with Crippen LogP contribution in [0.1, 0.15) is 39.2 Å². The van der Waals surface area contributed by atoms with Crippen molar-refractivity contribution in [3.8, 4) is 12.3 Å². The van der Waals surface area contributed by atoms with E-state index in [1.165, 1.54) is 0 Å². The summed E-state index contributed by atoms with van der Waals surface area (Å²) in [5.74, 6) is 1.59. The summed E-state index contributed by atoms with van der Waals surface area (Å²) in [4.78, 5) is 24.0. The zero-order chi connectivity index (χ0) is 18.9. The van der Waals surface area contributed by atoms with Crippen molar-refractivity contribution in [3.05, 3.63) is 35.9 Å². The van der Waals surface area contributed by atoms with Crippen LogP contribution in [0.25, 0.3) is 0 Å². The molecule has 0 aromatic heterocycles. The number of carbonyl (C=O) groups is 2. The van der Waals surface area contributed by atoms with Gasteiger partial charge in [-0.25, -0.2) is 9.59 Å². The number of amides is 1. The van der Waals surface area contributed by atoms with Crippen molar-refractivity contribution in [1.82, 2.24) is 5.32 Å². The third-order valence-corrected chi connectivity index (χ3v) is 3.15. The minimum absolute atomic E-state index is 0.0804. The van der Waals surface area contributed by atoms with Crippen molar-refractivity contribution < 1.29 is 24.2 Å². The third-order valence-electron chi connectivity index (χ3n) is 3.15. The van der Waals surface area contributed by atoms with Crippen LogP contribution in [0.5, 0.6) is 0 Å². The summed E-state index contributed by atoms with van der Waals surface area (Å²) in [7, 11) is 0. The highest BCUT2D eigenvalue weighted by Crippen LogP contribution is 2.12. The third kappa shape index (κ3) is 8.23. The fourth-order valence-corrected chi connectivity index (χ4v) is 1.99.